The number of amides is 1. The van der Waals surface area contributed by atoms with Crippen LogP contribution in [-0.4, -0.2) is 27.6 Å². The number of benzene rings is 3. The number of nitriles is 1. The lowest BCUT2D eigenvalue weighted by Crippen LogP contribution is -2.24. The fraction of sp³-hybridized carbons (Fsp3) is 0.0741. The molecule has 0 N–H and O–H groups in total. The van der Waals surface area contributed by atoms with E-state index in [9.17, 15) is 10.1 Å². The Hall–Kier alpha value is -4.43. The molecule has 0 aliphatic carbocycles. The van der Waals surface area contributed by atoms with Gasteiger partial charge in [0, 0.05) is 37.0 Å². The smallest absolute Gasteiger partial charge is 0.246 e. The van der Waals surface area contributed by atoms with Crippen molar-refractivity contribution < 1.29 is 4.79 Å². The van der Waals surface area contributed by atoms with Crippen LogP contribution in [-0.2, 0) is 11.3 Å². The minimum Gasteiger partial charge on any atom is -0.338 e. The number of aromatic nitrogens is 2. The van der Waals surface area contributed by atoms with Gasteiger partial charge in [-0.1, -0.05) is 66.7 Å². The van der Waals surface area contributed by atoms with Crippen LogP contribution in [0.4, 0.5) is 0 Å². The maximum atomic E-state index is 12.8. The Bertz CT molecular complexity index is 1280. The summed E-state index contributed by atoms with van der Waals surface area (Å²) >= 11 is 0. The second-order valence-corrected chi connectivity index (χ2v) is 7.38. The molecule has 5 nitrogen and oxygen atoms in total. The predicted molar refractivity (Wildman–Crippen MR) is 126 cm³/mol. The van der Waals surface area contributed by atoms with E-state index < -0.39 is 0 Å². The van der Waals surface area contributed by atoms with Crippen molar-refractivity contribution in [1.82, 2.24) is 14.7 Å². The average molecular weight is 419 g/mol. The zero-order valence-electron chi connectivity index (χ0n) is 17.7. The molecule has 156 valence electrons. The van der Waals surface area contributed by atoms with Crippen molar-refractivity contribution in [1.29, 1.82) is 5.26 Å². The van der Waals surface area contributed by atoms with E-state index in [1.54, 1.807) is 30.2 Å². The van der Waals surface area contributed by atoms with Crippen molar-refractivity contribution in [2.45, 2.75) is 6.54 Å². The van der Waals surface area contributed by atoms with Gasteiger partial charge in [-0.3, -0.25) is 4.79 Å². The van der Waals surface area contributed by atoms with Crippen molar-refractivity contribution in [3.05, 3.63) is 114 Å². The maximum Gasteiger partial charge on any atom is 0.246 e. The van der Waals surface area contributed by atoms with E-state index in [1.807, 2.05) is 83.7 Å². The molecule has 0 aliphatic rings. The van der Waals surface area contributed by atoms with Crippen LogP contribution in [0.25, 0.3) is 23.0 Å². The number of nitrogens with zero attached hydrogens (tertiary/aromatic N) is 4. The molecule has 5 heteroatoms. The lowest BCUT2D eigenvalue weighted by atomic mass is 10.1. The Labute approximate surface area is 187 Å². The normalized spacial score (nSPS) is 10.8. The molecule has 0 aliphatic heterocycles. The van der Waals surface area contributed by atoms with Gasteiger partial charge in [0.2, 0.25) is 5.91 Å². The number of para-hydroxylation sites is 1. The molecule has 0 saturated carbocycles. The molecule has 4 rings (SSSR count). The maximum absolute atomic E-state index is 12.8. The Kier molecular flexibility index (Phi) is 6.24. The molecule has 1 heterocycles. The standard InChI is InChI=1S/C27H22N4O/c1-30(26(32)17-16-21-10-8-9-13-23(21)18-28)19-24-20-31(25-14-6-3-7-15-25)29-27(24)22-11-4-2-5-12-22/h2-17,20H,19H2,1H3/b17-16+. The summed E-state index contributed by atoms with van der Waals surface area (Å²) in [4.78, 5) is 14.4. The van der Waals surface area contributed by atoms with Gasteiger partial charge in [0.15, 0.2) is 0 Å². The first kappa shape index (κ1) is 20.8. The molecular formula is C27H22N4O. The highest BCUT2D eigenvalue weighted by molar-refractivity contribution is 5.92. The van der Waals surface area contributed by atoms with Gasteiger partial charge in [-0.2, -0.15) is 10.4 Å². The summed E-state index contributed by atoms with van der Waals surface area (Å²) in [6.45, 7) is 0.403. The van der Waals surface area contributed by atoms with E-state index >= 15 is 0 Å². The van der Waals surface area contributed by atoms with Crippen LogP contribution in [0.15, 0.2) is 97.2 Å². The number of carbonyl (C=O) groups excluding carboxylic acids is 1. The van der Waals surface area contributed by atoms with Gasteiger partial charge in [-0.15, -0.1) is 0 Å². The second-order valence-electron chi connectivity index (χ2n) is 7.38. The molecule has 0 atom stereocenters. The molecule has 3 aromatic carbocycles. The largest absolute Gasteiger partial charge is 0.338 e. The van der Waals surface area contributed by atoms with E-state index in [4.69, 9.17) is 5.10 Å². The van der Waals surface area contributed by atoms with Gasteiger partial charge in [0.05, 0.1) is 23.0 Å². The molecule has 0 fully saturated rings. The fourth-order valence-corrected chi connectivity index (χ4v) is 3.44. The van der Waals surface area contributed by atoms with Crippen molar-refractivity contribution in [3.8, 4) is 23.0 Å². The van der Waals surface area contributed by atoms with Gasteiger partial charge in [0.1, 0.15) is 0 Å². The highest BCUT2D eigenvalue weighted by Gasteiger charge is 2.16. The van der Waals surface area contributed by atoms with Gasteiger partial charge in [0.25, 0.3) is 0 Å². The van der Waals surface area contributed by atoms with Crippen molar-refractivity contribution in [2.75, 3.05) is 7.05 Å². The lowest BCUT2D eigenvalue weighted by Gasteiger charge is -2.15. The summed E-state index contributed by atoms with van der Waals surface area (Å²) in [5, 5.41) is 14.0. The summed E-state index contributed by atoms with van der Waals surface area (Å²) in [5.74, 6) is -0.149. The van der Waals surface area contributed by atoms with Crippen LogP contribution < -0.4 is 0 Å². The molecule has 0 radical (unpaired) electrons. The Balaban J connectivity index is 1.60. The summed E-state index contributed by atoms with van der Waals surface area (Å²) < 4.78 is 1.84. The van der Waals surface area contributed by atoms with Gasteiger partial charge < -0.3 is 4.90 Å². The zero-order chi connectivity index (χ0) is 22.3. The first-order valence-electron chi connectivity index (χ1n) is 10.3. The van der Waals surface area contributed by atoms with E-state index in [0.717, 1.165) is 28.1 Å². The minimum atomic E-state index is -0.149. The van der Waals surface area contributed by atoms with Crippen LogP contribution >= 0.6 is 0 Å². The molecule has 0 saturated heterocycles. The van der Waals surface area contributed by atoms with Crippen molar-refractivity contribution in [3.63, 3.8) is 0 Å². The number of likely N-dealkylation sites (N-methyl/N-ethyl adjacent to an activating group) is 1. The highest BCUT2D eigenvalue weighted by Crippen LogP contribution is 2.24. The van der Waals surface area contributed by atoms with E-state index in [0.29, 0.717) is 12.1 Å². The zero-order valence-corrected chi connectivity index (χ0v) is 17.7. The SMILES string of the molecule is CN(Cc1cn(-c2ccccc2)nc1-c1ccccc1)C(=O)/C=C/c1ccccc1C#N. The predicted octanol–water partition coefficient (Wildman–Crippen LogP) is 5.08. The lowest BCUT2D eigenvalue weighted by molar-refractivity contribution is -0.125. The average Bonchev–Trinajstić information content (AvgIpc) is 3.27. The van der Waals surface area contributed by atoms with E-state index in [-0.39, 0.29) is 5.91 Å². The summed E-state index contributed by atoms with van der Waals surface area (Å²) in [6.07, 6.45) is 5.15. The Morgan fingerprint density at radius 2 is 1.66 bits per heavy atom. The van der Waals surface area contributed by atoms with Crippen molar-refractivity contribution in [2.24, 2.45) is 0 Å². The van der Waals surface area contributed by atoms with Crippen LogP contribution in [0.3, 0.4) is 0 Å². The van der Waals surface area contributed by atoms with Gasteiger partial charge in [-0.25, -0.2) is 4.68 Å². The van der Waals surface area contributed by atoms with Crippen LogP contribution in [0.5, 0.6) is 0 Å². The molecule has 1 aromatic heterocycles. The third-order valence-electron chi connectivity index (χ3n) is 5.13. The van der Waals surface area contributed by atoms with E-state index in [1.165, 1.54) is 6.08 Å². The van der Waals surface area contributed by atoms with E-state index in [2.05, 4.69) is 6.07 Å². The number of hydrogen-bond donors (Lipinski definition) is 0. The molecule has 0 bridgehead atoms. The summed E-state index contributed by atoms with van der Waals surface area (Å²) in [6, 6.07) is 29.2. The van der Waals surface area contributed by atoms with Crippen LogP contribution in [0.2, 0.25) is 0 Å². The minimum absolute atomic E-state index is 0.149. The Morgan fingerprint density at radius 3 is 2.38 bits per heavy atom. The number of rotatable bonds is 6. The Morgan fingerprint density at radius 1 is 1.00 bits per heavy atom. The van der Waals surface area contributed by atoms with Crippen LogP contribution in [0.1, 0.15) is 16.7 Å². The van der Waals surface area contributed by atoms with Crippen molar-refractivity contribution >= 4 is 12.0 Å². The first-order valence-corrected chi connectivity index (χ1v) is 10.3. The molecule has 0 spiro atoms. The fourth-order valence-electron chi connectivity index (χ4n) is 3.44. The first-order chi connectivity index (χ1) is 15.7. The van der Waals surface area contributed by atoms with Gasteiger partial charge in [-0.05, 0) is 29.8 Å². The summed E-state index contributed by atoms with van der Waals surface area (Å²) in [7, 11) is 1.76. The second kappa shape index (κ2) is 9.59. The molecule has 0 unspecified atom stereocenters. The quantitative estimate of drug-likeness (QED) is 0.410. The third-order valence-corrected chi connectivity index (χ3v) is 5.13. The molecule has 1 amide bonds. The van der Waals surface area contributed by atoms with Crippen LogP contribution in [0, 0.1) is 11.3 Å². The number of carbonyl (C=O) groups is 1. The highest BCUT2D eigenvalue weighted by atomic mass is 16.2. The van der Waals surface area contributed by atoms with Gasteiger partial charge >= 0.3 is 0 Å². The topological polar surface area (TPSA) is 61.9 Å². The third kappa shape index (κ3) is 4.66. The molecule has 4 aromatic rings. The monoisotopic (exact) mass is 418 g/mol. The molecule has 32 heavy (non-hydrogen) atoms. The molecular weight excluding hydrogens is 396 g/mol. The summed E-state index contributed by atoms with van der Waals surface area (Å²) in [5.41, 5.74) is 5.00. The number of hydrogen-bond acceptors (Lipinski definition) is 3.